The van der Waals surface area contributed by atoms with Crippen LogP contribution >= 0.6 is 0 Å². The number of rotatable bonds is 7. The molecule has 1 amide bonds. The van der Waals surface area contributed by atoms with Crippen molar-refractivity contribution in [2.75, 3.05) is 20.3 Å². The molecule has 1 heterocycles. The number of carbonyl (C=O) groups excluding carboxylic acids is 1. The van der Waals surface area contributed by atoms with Crippen LogP contribution in [0.3, 0.4) is 0 Å². The molecule has 0 radical (unpaired) electrons. The van der Waals surface area contributed by atoms with Gasteiger partial charge in [-0.05, 0) is 36.8 Å². The van der Waals surface area contributed by atoms with Gasteiger partial charge in [-0.25, -0.2) is 4.98 Å². The minimum Gasteiger partial charge on any atom is -0.495 e. The Balaban J connectivity index is 1.74. The van der Waals surface area contributed by atoms with Crippen molar-refractivity contribution in [3.63, 3.8) is 0 Å². The average molecular weight is 433 g/mol. The number of carbonyl (C=O) groups is 1. The molecule has 0 aliphatic carbocycles. The zero-order valence-corrected chi connectivity index (χ0v) is 17.0. The summed E-state index contributed by atoms with van der Waals surface area (Å²) in [6, 6.07) is 9.62. The monoisotopic (exact) mass is 433 g/mol. The van der Waals surface area contributed by atoms with E-state index in [-0.39, 0.29) is 6.54 Å². The number of methoxy groups -OCH3 is 1. The Labute approximate surface area is 177 Å². The summed E-state index contributed by atoms with van der Waals surface area (Å²) < 4.78 is 46.0. The third-order valence-corrected chi connectivity index (χ3v) is 4.85. The molecule has 0 fully saturated rings. The van der Waals surface area contributed by atoms with Crippen molar-refractivity contribution in [2.45, 2.75) is 19.0 Å². The molecule has 0 aliphatic rings. The van der Waals surface area contributed by atoms with Gasteiger partial charge in [-0.2, -0.15) is 13.2 Å². The normalized spacial score (nSPS) is 12.5. The Bertz CT molecular complexity index is 1060. The van der Waals surface area contributed by atoms with Gasteiger partial charge in [0.15, 0.2) is 0 Å². The quantitative estimate of drug-likeness (QED) is 0.596. The number of alkyl halides is 3. The molecule has 1 aromatic heterocycles. The Kier molecular flexibility index (Phi) is 6.65. The standard InChI is InChI=1S/C22H22F3N3O3/c1-14-11-28(13-27-14)19-7-6-16(9-20(19)31-2)21(30)26-10-17(12-29)15-4-3-5-18(8-15)22(23,24)25/h3-9,11,13,17,29H,10,12H2,1-2H3,(H,26,30). The highest BCUT2D eigenvalue weighted by atomic mass is 19.4. The number of aliphatic hydroxyl groups is 1. The van der Waals surface area contributed by atoms with E-state index in [2.05, 4.69) is 10.3 Å². The summed E-state index contributed by atoms with van der Waals surface area (Å²) in [5.41, 5.74) is 1.34. The zero-order valence-electron chi connectivity index (χ0n) is 17.0. The maximum atomic E-state index is 12.9. The van der Waals surface area contributed by atoms with E-state index in [0.29, 0.717) is 22.6 Å². The molecule has 164 valence electrons. The van der Waals surface area contributed by atoms with Crippen LogP contribution < -0.4 is 10.1 Å². The molecular formula is C22H22F3N3O3. The Morgan fingerprint density at radius 3 is 2.65 bits per heavy atom. The van der Waals surface area contributed by atoms with Gasteiger partial charge < -0.3 is 19.7 Å². The van der Waals surface area contributed by atoms with Crippen LogP contribution in [0.2, 0.25) is 0 Å². The number of benzene rings is 2. The van der Waals surface area contributed by atoms with Crippen molar-refractivity contribution >= 4 is 5.91 Å². The number of amides is 1. The van der Waals surface area contributed by atoms with Gasteiger partial charge in [-0.3, -0.25) is 4.79 Å². The molecule has 2 aromatic carbocycles. The predicted octanol–water partition coefficient (Wildman–Crippen LogP) is 3.71. The van der Waals surface area contributed by atoms with Crippen molar-refractivity contribution in [3.8, 4) is 11.4 Å². The number of hydrogen-bond donors (Lipinski definition) is 2. The van der Waals surface area contributed by atoms with Gasteiger partial charge in [-0.15, -0.1) is 0 Å². The average Bonchev–Trinajstić information content (AvgIpc) is 3.19. The molecule has 0 aliphatic heterocycles. The molecule has 0 bridgehead atoms. The summed E-state index contributed by atoms with van der Waals surface area (Å²) in [7, 11) is 1.49. The smallest absolute Gasteiger partial charge is 0.416 e. The van der Waals surface area contributed by atoms with Gasteiger partial charge in [0.05, 0.1) is 37.0 Å². The topological polar surface area (TPSA) is 76.4 Å². The van der Waals surface area contributed by atoms with Gasteiger partial charge in [0, 0.05) is 24.2 Å². The van der Waals surface area contributed by atoms with Crippen LogP contribution in [-0.4, -0.2) is 40.8 Å². The van der Waals surface area contributed by atoms with Crippen LogP contribution in [0.15, 0.2) is 55.0 Å². The van der Waals surface area contributed by atoms with Gasteiger partial charge in [0.1, 0.15) is 5.75 Å². The number of ether oxygens (including phenoxy) is 1. The summed E-state index contributed by atoms with van der Waals surface area (Å²) in [6.07, 6.45) is -1.03. The van der Waals surface area contributed by atoms with E-state index < -0.39 is 30.2 Å². The van der Waals surface area contributed by atoms with Gasteiger partial charge in [-0.1, -0.05) is 18.2 Å². The highest BCUT2D eigenvalue weighted by Gasteiger charge is 2.31. The summed E-state index contributed by atoms with van der Waals surface area (Å²) in [6.45, 7) is 1.41. The van der Waals surface area contributed by atoms with Crippen molar-refractivity contribution in [1.82, 2.24) is 14.9 Å². The fraction of sp³-hybridized carbons (Fsp3) is 0.273. The molecule has 9 heteroatoms. The molecule has 3 aromatic rings. The fourth-order valence-corrected chi connectivity index (χ4v) is 3.16. The SMILES string of the molecule is COc1cc(C(=O)NCC(CO)c2cccc(C(F)(F)F)c2)ccc1-n1cnc(C)c1. The molecule has 6 nitrogen and oxygen atoms in total. The first kappa shape index (κ1) is 22.4. The molecule has 3 rings (SSSR count). The molecule has 0 spiro atoms. The zero-order chi connectivity index (χ0) is 22.6. The van der Waals surface area contributed by atoms with Crippen LogP contribution in [0.5, 0.6) is 5.75 Å². The lowest BCUT2D eigenvalue weighted by atomic mass is 9.97. The van der Waals surface area contributed by atoms with Crippen LogP contribution in [-0.2, 0) is 6.18 Å². The van der Waals surface area contributed by atoms with Crippen molar-refractivity contribution in [3.05, 3.63) is 77.4 Å². The van der Waals surface area contributed by atoms with Crippen molar-refractivity contribution in [1.29, 1.82) is 0 Å². The third-order valence-electron chi connectivity index (χ3n) is 4.85. The lowest BCUT2D eigenvalue weighted by molar-refractivity contribution is -0.137. The lowest BCUT2D eigenvalue weighted by Gasteiger charge is -2.18. The molecule has 2 N–H and O–H groups in total. The second-order valence-electron chi connectivity index (χ2n) is 7.02. The first-order chi connectivity index (χ1) is 14.7. The molecular weight excluding hydrogens is 411 g/mol. The number of nitrogens with one attached hydrogen (secondary N) is 1. The predicted molar refractivity (Wildman–Crippen MR) is 108 cm³/mol. The van der Waals surface area contributed by atoms with Gasteiger partial charge >= 0.3 is 6.18 Å². The maximum absolute atomic E-state index is 12.9. The van der Waals surface area contributed by atoms with Gasteiger partial charge in [0.2, 0.25) is 0 Å². The number of hydrogen-bond acceptors (Lipinski definition) is 4. The summed E-state index contributed by atoms with van der Waals surface area (Å²) in [4.78, 5) is 16.8. The molecule has 0 saturated carbocycles. The lowest BCUT2D eigenvalue weighted by Crippen LogP contribution is -2.30. The van der Waals surface area contributed by atoms with E-state index in [9.17, 15) is 23.1 Å². The molecule has 0 saturated heterocycles. The second-order valence-corrected chi connectivity index (χ2v) is 7.02. The molecule has 31 heavy (non-hydrogen) atoms. The van der Waals surface area contributed by atoms with E-state index in [4.69, 9.17) is 4.74 Å². The van der Waals surface area contributed by atoms with Crippen molar-refractivity contribution < 1.29 is 27.8 Å². The first-order valence-electron chi connectivity index (χ1n) is 9.48. The van der Waals surface area contributed by atoms with Crippen LogP contribution in [0.4, 0.5) is 13.2 Å². The molecule has 1 atom stereocenters. The third kappa shape index (κ3) is 5.24. The van der Waals surface area contributed by atoms with Crippen LogP contribution in [0, 0.1) is 6.92 Å². The fourth-order valence-electron chi connectivity index (χ4n) is 3.16. The van der Waals surface area contributed by atoms with Crippen LogP contribution in [0.1, 0.15) is 33.1 Å². The minimum atomic E-state index is -4.48. The van der Waals surface area contributed by atoms with E-state index in [0.717, 1.165) is 17.8 Å². The second kappa shape index (κ2) is 9.22. The van der Waals surface area contributed by atoms with E-state index in [1.807, 2.05) is 13.1 Å². The maximum Gasteiger partial charge on any atom is 0.416 e. The molecule has 1 unspecified atom stereocenters. The Morgan fingerprint density at radius 1 is 1.26 bits per heavy atom. The number of aromatic nitrogens is 2. The number of aryl methyl sites for hydroxylation is 1. The number of halogens is 3. The van der Waals surface area contributed by atoms with Crippen molar-refractivity contribution in [2.24, 2.45) is 0 Å². The summed E-state index contributed by atoms with van der Waals surface area (Å²) in [5.74, 6) is -0.653. The van der Waals surface area contributed by atoms with Crippen LogP contribution in [0.25, 0.3) is 5.69 Å². The largest absolute Gasteiger partial charge is 0.495 e. The number of imidazole rings is 1. The Hall–Kier alpha value is -3.33. The highest BCUT2D eigenvalue weighted by Crippen LogP contribution is 2.31. The van der Waals surface area contributed by atoms with E-state index in [1.54, 1.807) is 29.1 Å². The number of nitrogens with zero attached hydrogens (tertiary/aromatic N) is 2. The minimum absolute atomic E-state index is 0.0264. The van der Waals surface area contributed by atoms with Gasteiger partial charge in [0.25, 0.3) is 5.91 Å². The highest BCUT2D eigenvalue weighted by molar-refractivity contribution is 5.95. The van der Waals surface area contributed by atoms with E-state index in [1.165, 1.54) is 19.2 Å². The number of aliphatic hydroxyl groups excluding tert-OH is 1. The van der Waals surface area contributed by atoms with E-state index >= 15 is 0 Å². The summed E-state index contributed by atoms with van der Waals surface area (Å²) >= 11 is 0. The first-order valence-corrected chi connectivity index (χ1v) is 9.48. The summed E-state index contributed by atoms with van der Waals surface area (Å²) in [5, 5.41) is 12.3. The Morgan fingerprint density at radius 2 is 2.03 bits per heavy atom.